The van der Waals surface area contributed by atoms with Crippen molar-refractivity contribution < 1.29 is 18.7 Å². The van der Waals surface area contributed by atoms with E-state index in [-0.39, 0.29) is 27.3 Å². The number of ketones is 1. The molecule has 7 heteroatoms. The highest BCUT2D eigenvalue weighted by Crippen LogP contribution is 2.26. The summed E-state index contributed by atoms with van der Waals surface area (Å²) >= 11 is 5.91. The van der Waals surface area contributed by atoms with Crippen LogP contribution in [0.1, 0.15) is 15.9 Å². The molecule has 4 rings (SSSR count). The van der Waals surface area contributed by atoms with Crippen LogP contribution in [-0.2, 0) is 0 Å². The van der Waals surface area contributed by atoms with Crippen molar-refractivity contribution in [3.8, 4) is 5.75 Å². The number of carbonyl (C=O) groups excluding carboxylic acids is 1. The summed E-state index contributed by atoms with van der Waals surface area (Å²) in [5.74, 6) is -1.28. The van der Waals surface area contributed by atoms with Gasteiger partial charge in [-0.2, -0.15) is 0 Å². The van der Waals surface area contributed by atoms with Gasteiger partial charge in [-0.3, -0.25) is 9.59 Å². The predicted molar refractivity (Wildman–Crippen MR) is 105 cm³/mol. The maximum absolute atomic E-state index is 12.5. The average molecular weight is 395 g/mol. The molecule has 0 aliphatic heterocycles. The van der Waals surface area contributed by atoms with Crippen LogP contribution in [0.2, 0.25) is 5.02 Å². The lowest BCUT2D eigenvalue weighted by Gasteiger charge is -2.03. The Morgan fingerprint density at radius 1 is 1.04 bits per heavy atom. The fourth-order valence-corrected chi connectivity index (χ4v) is 3.01. The second-order valence-electron chi connectivity index (χ2n) is 5.97. The summed E-state index contributed by atoms with van der Waals surface area (Å²) in [7, 11) is 0. The Hall–Kier alpha value is -3.64. The van der Waals surface area contributed by atoms with Crippen molar-refractivity contribution in [3.63, 3.8) is 0 Å². The Bertz CT molecular complexity index is 1390. The zero-order chi connectivity index (χ0) is 19.8. The van der Waals surface area contributed by atoms with E-state index in [1.165, 1.54) is 30.5 Å². The standard InChI is InChI=1S/C21H11ClO6/c22-12-6-8-16-14(9-12)19(24)11(10-27-16)5-7-15(23)18-20(25)13-3-1-2-4-17(13)28-21(18)26/h1-10,25H/b7-5+. The Kier molecular flexibility index (Phi) is 4.33. The molecule has 2 aromatic carbocycles. The monoisotopic (exact) mass is 394 g/mol. The molecule has 28 heavy (non-hydrogen) atoms. The van der Waals surface area contributed by atoms with Gasteiger partial charge in [0.1, 0.15) is 28.7 Å². The smallest absolute Gasteiger partial charge is 0.351 e. The summed E-state index contributed by atoms with van der Waals surface area (Å²) < 4.78 is 10.4. The van der Waals surface area contributed by atoms with Gasteiger partial charge in [0.05, 0.1) is 16.3 Å². The van der Waals surface area contributed by atoms with Gasteiger partial charge in [-0.1, -0.05) is 23.7 Å². The third-order valence-corrected chi connectivity index (χ3v) is 4.44. The Labute approximate surface area is 161 Å². The molecular weight excluding hydrogens is 384 g/mol. The number of allylic oxidation sites excluding steroid dienone is 1. The van der Waals surface area contributed by atoms with Gasteiger partial charge < -0.3 is 13.9 Å². The molecule has 0 aliphatic rings. The van der Waals surface area contributed by atoms with E-state index in [9.17, 15) is 19.5 Å². The lowest BCUT2D eigenvalue weighted by atomic mass is 10.1. The number of hydrogen-bond donors (Lipinski definition) is 1. The van der Waals surface area contributed by atoms with E-state index in [1.54, 1.807) is 24.3 Å². The van der Waals surface area contributed by atoms with Crippen LogP contribution < -0.4 is 11.1 Å². The molecule has 0 aliphatic carbocycles. The van der Waals surface area contributed by atoms with Crippen LogP contribution in [0.15, 0.2) is 73.2 Å². The van der Waals surface area contributed by atoms with Gasteiger partial charge in [-0.15, -0.1) is 0 Å². The number of halogens is 1. The highest BCUT2D eigenvalue weighted by atomic mass is 35.5. The van der Waals surface area contributed by atoms with Gasteiger partial charge in [0.15, 0.2) is 11.2 Å². The maximum atomic E-state index is 12.5. The zero-order valence-corrected chi connectivity index (χ0v) is 14.9. The molecule has 2 aromatic heterocycles. The molecule has 0 amide bonds. The van der Waals surface area contributed by atoms with Gasteiger partial charge in [0.25, 0.3) is 0 Å². The Morgan fingerprint density at radius 2 is 1.82 bits per heavy atom. The first-order chi connectivity index (χ1) is 13.5. The van der Waals surface area contributed by atoms with E-state index >= 15 is 0 Å². The van der Waals surface area contributed by atoms with Crippen LogP contribution in [-0.4, -0.2) is 10.9 Å². The van der Waals surface area contributed by atoms with Crippen molar-refractivity contribution in [3.05, 3.63) is 91.6 Å². The van der Waals surface area contributed by atoms with Crippen LogP contribution in [0.4, 0.5) is 0 Å². The Balaban J connectivity index is 1.77. The molecule has 138 valence electrons. The number of rotatable bonds is 3. The van der Waals surface area contributed by atoms with E-state index in [0.29, 0.717) is 10.6 Å². The molecule has 1 N–H and O–H groups in total. The zero-order valence-electron chi connectivity index (χ0n) is 14.1. The molecular formula is C21H11ClO6. The van der Waals surface area contributed by atoms with E-state index < -0.39 is 22.7 Å². The fourth-order valence-electron chi connectivity index (χ4n) is 2.83. The first-order valence-electron chi connectivity index (χ1n) is 8.14. The predicted octanol–water partition coefficient (Wildman–Crippen LogP) is 4.15. The van der Waals surface area contributed by atoms with Crippen LogP contribution in [0.5, 0.6) is 5.75 Å². The van der Waals surface area contributed by atoms with Crippen molar-refractivity contribution in [2.45, 2.75) is 0 Å². The van der Waals surface area contributed by atoms with Crippen molar-refractivity contribution in [1.82, 2.24) is 0 Å². The van der Waals surface area contributed by atoms with Gasteiger partial charge in [0.2, 0.25) is 0 Å². The molecule has 4 aromatic rings. The summed E-state index contributed by atoms with van der Waals surface area (Å²) in [5.41, 5.74) is -1.26. The summed E-state index contributed by atoms with van der Waals surface area (Å²) in [6.07, 6.45) is 3.41. The Morgan fingerprint density at radius 3 is 2.64 bits per heavy atom. The largest absolute Gasteiger partial charge is 0.506 e. The quantitative estimate of drug-likeness (QED) is 0.318. The lowest BCUT2D eigenvalue weighted by molar-refractivity contribution is 0.104. The van der Waals surface area contributed by atoms with Crippen LogP contribution >= 0.6 is 11.6 Å². The molecule has 0 radical (unpaired) electrons. The first kappa shape index (κ1) is 17.8. The number of benzene rings is 2. The summed E-state index contributed by atoms with van der Waals surface area (Å²) in [6.45, 7) is 0. The number of para-hydroxylation sites is 1. The summed E-state index contributed by atoms with van der Waals surface area (Å²) in [4.78, 5) is 37.1. The molecule has 0 saturated carbocycles. The average Bonchev–Trinajstić information content (AvgIpc) is 2.68. The SMILES string of the molecule is O=C(/C=C/c1coc2ccc(Cl)cc2c1=O)c1c(O)c2ccccc2oc1=O. The highest BCUT2D eigenvalue weighted by Gasteiger charge is 2.19. The van der Waals surface area contributed by atoms with Gasteiger partial charge in [0, 0.05) is 5.02 Å². The normalized spacial score (nSPS) is 11.5. The minimum absolute atomic E-state index is 0.0905. The lowest BCUT2D eigenvalue weighted by Crippen LogP contribution is -2.13. The molecule has 6 nitrogen and oxygen atoms in total. The molecule has 0 saturated heterocycles. The van der Waals surface area contributed by atoms with Crippen LogP contribution in [0, 0.1) is 0 Å². The van der Waals surface area contributed by atoms with E-state index in [4.69, 9.17) is 20.4 Å². The highest BCUT2D eigenvalue weighted by molar-refractivity contribution is 6.31. The van der Waals surface area contributed by atoms with Gasteiger partial charge >= 0.3 is 5.63 Å². The van der Waals surface area contributed by atoms with Crippen molar-refractivity contribution in [2.24, 2.45) is 0 Å². The molecule has 0 atom stereocenters. The first-order valence-corrected chi connectivity index (χ1v) is 8.52. The number of carbonyl (C=O) groups is 1. The minimum atomic E-state index is -0.969. The van der Waals surface area contributed by atoms with Crippen molar-refractivity contribution in [2.75, 3.05) is 0 Å². The molecule has 0 spiro atoms. The fraction of sp³-hybridized carbons (Fsp3) is 0. The summed E-state index contributed by atoms with van der Waals surface area (Å²) in [6, 6.07) is 10.9. The number of hydrogen-bond acceptors (Lipinski definition) is 6. The van der Waals surface area contributed by atoms with E-state index in [1.807, 2.05) is 0 Å². The third kappa shape index (κ3) is 3.00. The van der Waals surface area contributed by atoms with Gasteiger partial charge in [-0.25, -0.2) is 4.79 Å². The molecule has 0 bridgehead atoms. The number of fused-ring (bicyclic) bond motifs is 2. The molecule has 2 heterocycles. The van der Waals surface area contributed by atoms with Crippen molar-refractivity contribution >= 4 is 45.4 Å². The van der Waals surface area contributed by atoms with E-state index in [2.05, 4.69) is 0 Å². The van der Waals surface area contributed by atoms with Crippen molar-refractivity contribution in [1.29, 1.82) is 0 Å². The number of aromatic hydroxyl groups is 1. The van der Waals surface area contributed by atoms with E-state index in [0.717, 1.165) is 6.08 Å². The van der Waals surface area contributed by atoms with Crippen LogP contribution in [0.25, 0.3) is 28.0 Å². The molecule has 0 unspecified atom stereocenters. The molecule has 0 fully saturated rings. The maximum Gasteiger partial charge on any atom is 0.351 e. The second kappa shape index (κ2) is 6.83. The third-order valence-electron chi connectivity index (χ3n) is 4.21. The minimum Gasteiger partial charge on any atom is -0.506 e. The topological polar surface area (TPSA) is 97.7 Å². The summed E-state index contributed by atoms with van der Waals surface area (Å²) in [5, 5.41) is 11.2. The van der Waals surface area contributed by atoms with Gasteiger partial charge in [-0.05, 0) is 42.5 Å². The second-order valence-corrected chi connectivity index (χ2v) is 6.40. The van der Waals surface area contributed by atoms with Crippen LogP contribution in [0.3, 0.4) is 0 Å².